The average molecular weight is 585 g/mol. The van der Waals surface area contributed by atoms with Gasteiger partial charge >= 0.3 is 0 Å². The molecule has 5 aromatic rings. The Morgan fingerprint density at radius 1 is 0.829 bits per heavy atom. The van der Waals surface area contributed by atoms with E-state index >= 15 is 0 Å². The molecule has 3 aromatic carbocycles. The number of aromatic amines is 1. The lowest BCUT2D eigenvalue weighted by Crippen LogP contribution is -2.22. The number of anilines is 2. The summed E-state index contributed by atoms with van der Waals surface area (Å²) in [6, 6.07) is 27.5. The van der Waals surface area contributed by atoms with Gasteiger partial charge < -0.3 is 10.3 Å². The number of hydrogen-bond acceptors (Lipinski definition) is 7. The molecule has 41 heavy (non-hydrogen) atoms. The smallest absolute Gasteiger partial charge is 0.264 e. The van der Waals surface area contributed by atoms with E-state index in [1.807, 2.05) is 60.7 Å². The van der Waals surface area contributed by atoms with E-state index in [2.05, 4.69) is 25.0 Å². The third-order valence-electron chi connectivity index (χ3n) is 6.09. The summed E-state index contributed by atoms with van der Waals surface area (Å²) in [5, 5.41) is 2.98. The van der Waals surface area contributed by atoms with Gasteiger partial charge in [0, 0.05) is 28.2 Å². The molecule has 11 heteroatoms. The van der Waals surface area contributed by atoms with Gasteiger partial charge in [-0.2, -0.15) is 0 Å². The number of hydrogen-bond donors (Lipinski definition) is 3. The van der Waals surface area contributed by atoms with Crippen LogP contribution >= 0.6 is 11.8 Å². The molecule has 9 nitrogen and oxygen atoms in total. The molecule has 1 unspecified atom stereocenters. The molecule has 0 saturated carbocycles. The van der Waals surface area contributed by atoms with Crippen molar-refractivity contribution in [3.05, 3.63) is 102 Å². The molecule has 2 aromatic heterocycles. The Morgan fingerprint density at radius 3 is 2.02 bits per heavy atom. The van der Waals surface area contributed by atoms with Crippen LogP contribution in [0.5, 0.6) is 0 Å². The topological polar surface area (TPSA) is 130 Å². The number of rotatable bonds is 9. The molecule has 0 aliphatic carbocycles. The molecule has 1 atom stereocenters. The molecule has 0 aliphatic heterocycles. The molecule has 1 amide bonds. The molecule has 2 heterocycles. The lowest BCUT2D eigenvalue weighted by Gasteiger charge is -2.12. The lowest BCUT2D eigenvalue weighted by molar-refractivity contribution is -0.115. The molecule has 208 valence electrons. The zero-order valence-electron chi connectivity index (χ0n) is 22.6. The number of thioether (sulfide) groups is 1. The number of amides is 1. The van der Waals surface area contributed by atoms with Crippen LogP contribution in [-0.2, 0) is 14.8 Å². The highest BCUT2D eigenvalue weighted by atomic mass is 32.2. The minimum atomic E-state index is -3.90. The number of imidazole rings is 1. The predicted octanol–water partition coefficient (Wildman–Crippen LogP) is 6.07. The van der Waals surface area contributed by atoms with Crippen LogP contribution in [0.25, 0.3) is 22.5 Å². The molecule has 0 radical (unpaired) electrons. The first-order chi connectivity index (χ1) is 19.7. The predicted molar refractivity (Wildman–Crippen MR) is 162 cm³/mol. The number of nitrogens with zero attached hydrogens (tertiary/aromatic N) is 3. The van der Waals surface area contributed by atoms with Gasteiger partial charge in [0.05, 0.1) is 21.5 Å². The minimum Gasteiger partial charge on any atom is -0.332 e. The highest BCUT2D eigenvalue weighted by Gasteiger charge is 2.21. The summed E-state index contributed by atoms with van der Waals surface area (Å²) in [5.41, 5.74) is 5.44. The second-order valence-electron chi connectivity index (χ2n) is 9.35. The zero-order valence-corrected chi connectivity index (χ0v) is 24.3. The van der Waals surface area contributed by atoms with Crippen molar-refractivity contribution in [2.45, 2.75) is 36.1 Å². The van der Waals surface area contributed by atoms with Crippen LogP contribution in [0.1, 0.15) is 18.3 Å². The highest BCUT2D eigenvalue weighted by molar-refractivity contribution is 8.00. The van der Waals surface area contributed by atoms with E-state index in [0.29, 0.717) is 22.2 Å². The number of aromatic nitrogens is 4. The van der Waals surface area contributed by atoms with Crippen molar-refractivity contribution < 1.29 is 13.2 Å². The molecular formula is C30H28N6O3S2. The van der Waals surface area contributed by atoms with Crippen LogP contribution in [-0.4, -0.2) is 39.5 Å². The molecule has 5 rings (SSSR count). The summed E-state index contributed by atoms with van der Waals surface area (Å²) in [6.45, 7) is 5.32. The first-order valence-corrected chi connectivity index (χ1v) is 15.2. The largest absolute Gasteiger partial charge is 0.332 e. The first-order valence-electron chi connectivity index (χ1n) is 12.8. The monoisotopic (exact) mass is 584 g/mol. The Morgan fingerprint density at radius 2 is 1.41 bits per heavy atom. The fraction of sp³-hybridized carbons (Fsp3) is 0.133. The first kappa shape index (κ1) is 28.1. The van der Waals surface area contributed by atoms with Gasteiger partial charge in [-0.1, -0.05) is 72.4 Å². The number of carbonyl (C=O) groups excluding carboxylic acids is 1. The van der Waals surface area contributed by atoms with Gasteiger partial charge in [-0.05, 0) is 51.1 Å². The Labute approximate surface area is 242 Å². The summed E-state index contributed by atoms with van der Waals surface area (Å²) in [7, 11) is -3.90. The standard InChI is InChI=1S/C30H28N6O3S2/c1-19-18-20(2)32-29(31-19)36-41(38,39)25-16-14-24(15-17-25)33-28(37)21(3)40-30-34-26(22-10-6-4-7-11-22)27(35-30)23-12-8-5-9-13-23/h4-18,21H,1-3H3,(H,33,37)(H,34,35)(H,31,32,36). The SMILES string of the molecule is Cc1cc(C)nc(NS(=O)(=O)c2ccc(NC(=O)C(C)Sc3nc(-c4ccccc4)c(-c4ccccc4)[nH]3)cc2)n1. The van der Waals surface area contributed by atoms with Crippen LogP contribution in [0.4, 0.5) is 11.6 Å². The Bertz CT molecular complexity index is 1700. The van der Waals surface area contributed by atoms with E-state index in [1.54, 1.807) is 39.0 Å². The van der Waals surface area contributed by atoms with Crippen molar-refractivity contribution in [2.75, 3.05) is 10.0 Å². The van der Waals surface area contributed by atoms with E-state index in [1.165, 1.54) is 23.9 Å². The van der Waals surface area contributed by atoms with Crippen LogP contribution in [0, 0.1) is 13.8 Å². The van der Waals surface area contributed by atoms with E-state index in [9.17, 15) is 13.2 Å². The van der Waals surface area contributed by atoms with E-state index < -0.39 is 15.3 Å². The normalized spacial score (nSPS) is 12.1. The van der Waals surface area contributed by atoms with Gasteiger partial charge in [0.2, 0.25) is 11.9 Å². The summed E-state index contributed by atoms with van der Waals surface area (Å²) in [5.74, 6) is -0.235. The number of nitrogens with one attached hydrogen (secondary N) is 3. The third kappa shape index (κ3) is 6.82. The van der Waals surface area contributed by atoms with Crippen LogP contribution in [0.2, 0.25) is 0 Å². The van der Waals surface area contributed by atoms with Crippen molar-refractivity contribution in [3.63, 3.8) is 0 Å². The fourth-order valence-electron chi connectivity index (χ4n) is 4.16. The molecule has 3 N–H and O–H groups in total. The summed E-state index contributed by atoms with van der Waals surface area (Å²) in [6.07, 6.45) is 0. The maximum atomic E-state index is 13.0. The number of benzene rings is 3. The van der Waals surface area contributed by atoms with Crippen molar-refractivity contribution in [1.29, 1.82) is 0 Å². The number of carbonyl (C=O) groups is 1. The molecular weight excluding hydrogens is 557 g/mol. The molecule has 0 saturated heterocycles. The summed E-state index contributed by atoms with van der Waals surface area (Å²) in [4.78, 5) is 29.5. The summed E-state index contributed by atoms with van der Waals surface area (Å²) < 4.78 is 28.0. The summed E-state index contributed by atoms with van der Waals surface area (Å²) >= 11 is 1.31. The Balaban J connectivity index is 1.27. The van der Waals surface area contributed by atoms with Crippen molar-refractivity contribution in [3.8, 4) is 22.5 Å². The minimum absolute atomic E-state index is 0.00880. The highest BCUT2D eigenvalue weighted by Crippen LogP contribution is 2.34. The number of aryl methyl sites for hydroxylation is 2. The van der Waals surface area contributed by atoms with Gasteiger partial charge in [-0.3, -0.25) is 4.79 Å². The van der Waals surface area contributed by atoms with Gasteiger partial charge in [0.1, 0.15) is 0 Å². The lowest BCUT2D eigenvalue weighted by atomic mass is 10.1. The van der Waals surface area contributed by atoms with Gasteiger partial charge in [0.25, 0.3) is 10.0 Å². The van der Waals surface area contributed by atoms with Crippen LogP contribution < -0.4 is 10.0 Å². The van der Waals surface area contributed by atoms with E-state index in [4.69, 9.17) is 4.98 Å². The van der Waals surface area contributed by atoms with Gasteiger partial charge in [-0.25, -0.2) is 28.1 Å². The quantitative estimate of drug-likeness (QED) is 0.179. The van der Waals surface area contributed by atoms with E-state index in [-0.39, 0.29) is 16.8 Å². The van der Waals surface area contributed by atoms with Crippen LogP contribution in [0.15, 0.2) is 101 Å². The second-order valence-corrected chi connectivity index (χ2v) is 12.4. The van der Waals surface area contributed by atoms with E-state index in [0.717, 1.165) is 22.5 Å². The van der Waals surface area contributed by atoms with Crippen molar-refractivity contribution in [1.82, 2.24) is 19.9 Å². The zero-order chi connectivity index (χ0) is 29.0. The fourth-order valence-corrected chi connectivity index (χ4v) is 5.91. The molecule has 0 aliphatic rings. The maximum Gasteiger partial charge on any atom is 0.264 e. The second kappa shape index (κ2) is 11.9. The van der Waals surface area contributed by atoms with Crippen molar-refractivity contribution >= 4 is 39.3 Å². The maximum absolute atomic E-state index is 13.0. The Kier molecular flexibility index (Phi) is 8.18. The number of sulfonamides is 1. The Hall–Kier alpha value is -4.48. The van der Waals surface area contributed by atoms with Gasteiger partial charge in [0.15, 0.2) is 5.16 Å². The molecule has 0 bridgehead atoms. The number of H-pyrrole nitrogens is 1. The van der Waals surface area contributed by atoms with Gasteiger partial charge in [-0.15, -0.1) is 0 Å². The molecule has 0 fully saturated rings. The molecule has 0 spiro atoms. The average Bonchev–Trinajstić information content (AvgIpc) is 3.37. The third-order valence-corrected chi connectivity index (χ3v) is 8.42. The van der Waals surface area contributed by atoms with Crippen molar-refractivity contribution in [2.24, 2.45) is 0 Å². The van der Waals surface area contributed by atoms with Crippen LogP contribution in [0.3, 0.4) is 0 Å².